The molecule has 0 aliphatic rings. The highest BCUT2D eigenvalue weighted by Crippen LogP contribution is 2.29. The first-order valence-corrected chi connectivity index (χ1v) is 5.64. The van der Waals surface area contributed by atoms with Crippen LogP contribution < -0.4 is 11.1 Å². The quantitative estimate of drug-likeness (QED) is 0.876. The van der Waals surface area contributed by atoms with Gasteiger partial charge in [0.05, 0.1) is 16.4 Å². The minimum absolute atomic E-state index is 0.168. The van der Waals surface area contributed by atoms with E-state index in [9.17, 15) is 0 Å². The summed E-state index contributed by atoms with van der Waals surface area (Å²) in [5.74, 6) is 0.617. The summed E-state index contributed by atoms with van der Waals surface area (Å²) in [6, 6.07) is 7.30. The topological polar surface area (TPSA) is 63.8 Å². The number of nitrogens with one attached hydrogen (secondary N) is 1. The fourth-order valence-corrected chi connectivity index (χ4v) is 1.67. The molecular weight excluding hydrogens is 259 g/mol. The smallest absolute Gasteiger partial charge is 0.222 e. The number of nitrogens with zero attached hydrogens (tertiary/aromatic N) is 2. The summed E-state index contributed by atoms with van der Waals surface area (Å²) in [6.07, 6.45) is 0. The number of rotatable bonds is 2. The van der Waals surface area contributed by atoms with E-state index < -0.39 is 0 Å². The molecule has 0 atom stereocenters. The van der Waals surface area contributed by atoms with Gasteiger partial charge in [0.2, 0.25) is 5.95 Å². The number of hydrogen-bond donors (Lipinski definition) is 2. The average Bonchev–Trinajstić information content (AvgIpc) is 2.28. The van der Waals surface area contributed by atoms with E-state index in [1.165, 1.54) is 0 Å². The number of aromatic nitrogens is 2. The standard InChI is InChI=1S/C11H10Cl2N4/c1-6-9(13)10(17-11(14)15-6)16-8-5-3-2-4-7(8)12/h2-5H,1H3,(H3,14,15,16,17). The lowest BCUT2D eigenvalue weighted by molar-refractivity contribution is 1.12. The van der Waals surface area contributed by atoms with Gasteiger partial charge >= 0.3 is 0 Å². The molecule has 0 fully saturated rings. The van der Waals surface area contributed by atoms with Gasteiger partial charge in [0.25, 0.3) is 0 Å². The van der Waals surface area contributed by atoms with Crippen LogP contribution in [0.3, 0.4) is 0 Å². The third-order valence-electron chi connectivity index (χ3n) is 2.16. The van der Waals surface area contributed by atoms with Crippen molar-refractivity contribution in [2.24, 2.45) is 0 Å². The fourth-order valence-electron chi connectivity index (χ4n) is 1.35. The lowest BCUT2D eigenvalue weighted by Crippen LogP contribution is -2.03. The Morgan fingerprint density at radius 1 is 1.18 bits per heavy atom. The summed E-state index contributed by atoms with van der Waals surface area (Å²) in [5, 5.41) is 4.04. The SMILES string of the molecule is Cc1nc(N)nc(Nc2ccccc2Cl)c1Cl. The molecule has 0 aliphatic heterocycles. The van der Waals surface area contributed by atoms with Gasteiger partial charge in [0, 0.05) is 0 Å². The van der Waals surface area contributed by atoms with Crippen molar-refractivity contribution in [2.45, 2.75) is 6.92 Å². The molecule has 6 heteroatoms. The number of para-hydroxylation sites is 1. The van der Waals surface area contributed by atoms with E-state index in [0.29, 0.717) is 27.2 Å². The molecule has 3 N–H and O–H groups in total. The largest absolute Gasteiger partial charge is 0.368 e. The van der Waals surface area contributed by atoms with E-state index in [0.717, 1.165) is 0 Å². The van der Waals surface area contributed by atoms with Gasteiger partial charge in [-0.25, -0.2) is 4.98 Å². The molecule has 17 heavy (non-hydrogen) atoms. The van der Waals surface area contributed by atoms with Crippen LogP contribution in [-0.2, 0) is 0 Å². The van der Waals surface area contributed by atoms with Crippen LogP contribution in [0.1, 0.15) is 5.69 Å². The average molecular weight is 269 g/mol. The van der Waals surface area contributed by atoms with E-state index in [1.54, 1.807) is 13.0 Å². The van der Waals surface area contributed by atoms with E-state index in [4.69, 9.17) is 28.9 Å². The Bertz CT molecular complexity index is 557. The van der Waals surface area contributed by atoms with Crippen LogP contribution >= 0.6 is 23.2 Å². The van der Waals surface area contributed by atoms with Crippen molar-refractivity contribution in [2.75, 3.05) is 11.1 Å². The first-order chi connectivity index (χ1) is 8.08. The van der Waals surface area contributed by atoms with Crippen molar-refractivity contribution in [3.63, 3.8) is 0 Å². The molecule has 2 aromatic rings. The highest BCUT2D eigenvalue weighted by molar-refractivity contribution is 6.34. The number of anilines is 3. The Balaban J connectivity index is 2.40. The molecule has 0 bridgehead atoms. The normalized spacial score (nSPS) is 10.3. The minimum atomic E-state index is 0.168. The zero-order valence-corrected chi connectivity index (χ0v) is 10.5. The number of aryl methyl sites for hydroxylation is 1. The Labute approximate surface area is 109 Å². The summed E-state index contributed by atoms with van der Waals surface area (Å²) >= 11 is 12.1. The highest BCUT2D eigenvalue weighted by atomic mass is 35.5. The first kappa shape index (κ1) is 12.0. The van der Waals surface area contributed by atoms with Gasteiger partial charge in [0.1, 0.15) is 5.02 Å². The second-order valence-corrected chi connectivity index (χ2v) is 4.22. The fraction of sp³-hybridized carbons (Fsp3) is 0.0909. The Morgan fingerprint density at radius 3 is 2.59 bits per heavy atom. The van der Waals surface area contributed by atoms with Crippen LogP contribution in [0.4, 0.5) is 17.5 Å². The number of nitrogens with two attached hydrogens (primary N) is 1. The predicted octanol–water partition coefficient (Wildman–Crippen LogP) is 3.42. The van der Waals surface area contributed by atoms with Crippen molar-refractivity contribution in [1.29, 1.82) is 0 Å². The van der Waals surface area contributed by atoms with E-state index in [1.807, 2.05) is 18.2 Å². The first-order valence-electron chi connectivity index (χ1n) is 4.89. The lowest BCUT2D eigenvalue weighted by atomic mass is 10.3. The van der Waals surface area contributed by atoms with E-state index >= 15 is 0 Å². The monoisotopic (exact) mass is 268 g/mol. The third kappa shape index (κ3) is 2.60. The second-order valence-electron chi connectivity index (χ2n) is 3.43. The van der Waals surface area contributed by atoms with Gasteiger partial charge < -0.3 is 11.1 Å². The van der Waals surface area contributed by atoms with Crippen molar-refractivity contribution in [1.82, 2.24) is 9.97 Å². The van der Waals surface area contributed by atoms with Crippen molar-refractivity contribution in [3.8, 4) is 0 Å². The molecule has 0 spiro atoms. The Kier molecular flexibility index (Phi) is 3.36. The van der Waals surface area contributed by atoms with Crippen molar-refractivity contribution >= 4 is 40.7 Å². The molecule has 1 aromatic heterocycles. The molecule has 0 radical (unpaired) electrons. The molecule has 0 saturated heterocycles. The molecule has 4 nitrogen and oxygen atoms in total. The summed E-state index contributed by atoms with van der Waals surface area (Å²) < 4.78 is 0. The van der Waals surface area contributed by atoms with Crippen molar-refractivity contribution in [3.05, 3.63) is 40.0 Å². The molecule has 0 amide bonds. The Hall–Kier alpha value is -1.52. The molecule has 0 unspecified atom stereocenters. The van der Waals surface area contributed by atoms with Crippen LogP contribution in [0.2, 0.25) is 10.0 Å². The van der Waals surface area contributed by atoms with E-state index in [2.05, 4.69) is 15.3 Å². The summed E-state index contributed by atoms with van der Waals surface area (Å²) in [4.78, 5) is 7.99. The zero-order valence-electron chi connectivity index (χ0n) is 9.04. The minimum Gasteiger partial charge on any atom is -0.368 e. The van der Waals surface area contributed by atoms with Gasteiger partial charge in [-0.1, -0.05) is 35.3 Å². The zero-order chi connectivity index (χ0) is 12.4. The molecule has 0 aliphatic carbocycles. The van der Waals surface area contributed by atoms with Crippen LogP contribution in [0.15, 0.2) is 24.3 Å². The lowest BCUT2D eigenvalue weighted by Gasteiger charge is -2.10. The second kappa shape index (κ2) is 4.77. The predicted molar refractivity (Wildman–Crippen MR) is 70.9 cm³/mol. The summed E-state index contributed by atoms with van der Waals surface area (Å²) in [5.41, 5.74) is 6.90. The maximum atomic E-state index is 6.08. The van der Waals surface area contributed by atoms with Gasteiger partial charge in [-0.2, -0.15) is 4.98 Å². The summed E-state index contributed by atoms with van der Waals surface area (Å²) in [7, 11) is 0. The molecule has 88 valence electrons. The molecule has 1 heterocycles. The maximum Gasteiger partial charge on any atom is 0.222 e. The molecule has 0 saturated carbocycles. The number of hydrogen-bond acceptors (Lipinski definition) is 4. The van der Waals surface area contributed by atoms with Gasteiger partial charge in [-0.05, 0) is 19.1 Å². The van der Waals surface area contributed by atoms with Crippen molar-refractivity contribution < 1.29 is 0 Å². The highest BCUT2D eigenvalue weighted by Gasteiger charge is 2.09. The molecule has 2 rings (SSSR count). The van der Waals surface area contributed by atoms with E-state index in [-0.39, 0.29) is 5.95 Å². The van der Waals surface area contributed by atoms with Crippen LogP contribution in [0.5, 0.6) is 0 Å². The molecular formula is C11H10Cl2N4. The van der Waals surface area contributed by atoms with Gasteiger partial charge in [-0.15, -0.1) is 0 Å². The summed E-state index contributed by atoms with van der Waals surface area (Å²) in [6.45, 7) is 1.76. The number of halogens is 2. The number of nitrogen functional groups attached to an aromatic ring is 1. The molecule has 1 aromatic carbocycles. The van der Waals surface area contributed by atoms with Crippen LogP contribution in [-0.4, -0.2) is 9.97 Å². The Morgan fingerprint density at radius 2 is 1.88 bits per heavy atom. The maximum absolute atomic E-state index is 6.08. The van der Waals surface area contributed by atoms with Crippen LogP contribution in [0, 0.1) is 6.92 Å². The van der Waals surface area contributed by atoms with Gasteiger partial charge in [-0.3, -0.25) is 0 Å². The third-order valence-corrected chi connectivity index (χ3v) is 2.94. The number of benzene rings is 1. The van der Waals surface area contributed by atoms with Crippen LogP contribution in [0.25, 0.3) is 0 Å². The van der Waals surface area contributed by atoms with Gasteiger partial charge in [0.15, 0.2) is 5.82 Å².